The molecule has 3 N–H and O–H groups in total. The number of aliphatic hydroxyl groups is 1. The summed E-state index contributed by atoms with van der Waals surface area (Å²) in [6.07, 6.45) is -6.46. The van der Waals surface area contributed by atoms with E-state index in [1.165, 1.54) is 23.5 Å². The molecule has 1 amide bonds. The van der Waals surface area contributed by atoms with Crippen molar-refractivity contribution in [2.75, 3.05) is 6.54 Å². The van der Waals surface area contributed by atoms with E-state index in [-0.39, 0.29) is 12.0 Å². The molecule has 0 bridgehead atoms. The highest BCUT2D eigenvalue weighted by molar-refractivity contribution is 7.14. The van der Waals surface area contributed by atoms with Crippen LogP contribution in [0.2, 0.25) is 0 Å². The number of benzene rings is 2. The van der Waals surface area contributed by atoms with E-state index in [2.05, 4.69) is 5.32 Å². The van der Waals surface area contributed by atoms with Crippen LogP contribution in [0, 0.1) is 19.8 Å². The number of aliphatic hydroxyl groups excluding tert-OH is 1. The summed E-state index contributed by atoms with van der Waals surface area (Å²) in [6.45, 7) is 7.29. The third-order valence-electron chi connectivity index (χ3n) is 5.75. The van der Waals surface area contributed by atoms with Crippen molar-refractivity contribution < 1.29 is 37.7 Å². The van der Waals surface area contributed by atoms with Gasteiger partial charge in [0, 0.05) is 4.88 Å². The number of amides is 1. The van der Waals surface area contributed by atoms with Crippen LogP contribution in [-0.4, -0.2) is 34.7 Å². The Morgan fingerprint density at radius 1 is 1.03 bits per heavy atom. The van der Waals surface area contributed by atoms with E-state index in [9.17, 15) is 27.9 Å². The molecule has 10 heteroatoms. The van der Waals surface area contributed by atoms with E-state index >= 15 is 0 Å². The number of rotatable bonds is 9. The van der Waals surface area contributed by atoms with Gasteiger partial charge in [-0.3, -0.25) is 4.79 Å². The van der Waals surface area contributed by atoms with Crippen molar-refractivity contribution in [2.24, 2.45) is 5.92 Å². The number of hydrogen-bond acceptors (Lipinski definition) is 5. The number of carbonyl (C=O) groups is 2. The Balaban J connectivity index is 1.80. The van der Waals surface area contributed by atoms with Crippen LogP contribution in [0.5, 0.6) is 5.75 Å². The van der Waals surface area contributed by atoms with Gasteiger partial charge in [-0.2, -0.15) is 13.2 Å². The number of alkyl halides is 3. The van der Waals surface area contributed by atoms with Gasteiger partial charge in [-0.1, -0.05) is 26.0 Å². The monoisotopic (exact) mass is 535 g/mol. The second-order valence-electron chi connectivity index (χ2n) is 9.06. The van der Waals surface area contributed by atoms with Crippen LogP contribution < -0.4 is 10.1 Å². The molecule has 1 aromatic heterocycles. The predicted molar refractivity (Wildman–Crippen MR) is 135 cm³/mol. The SMILES string of the molecule is Cc1cc(OC(c2ccc(C(=O)NC[C@H](O)C(=O)O)s2)C(C)C)cc(C)c1-c1ccc(C(F)(F)F)cc1. The average molecular weight is 536 g/mol. The summed E-state index contributed by atoms with van der Waals surface area (Å²) in [5.41, 5.74) is 2.51. The maximum atomic E-state index is 12.9. The molecule has 0 fully saturated rings. The zero-order chi connectivity index (χ0) is 27.5. The molecule has 1 heterocycles. The average Bonchev–Trinajstić information content (AvgIpc) is 3.30. The van der Waals surface area contributed by atoms with Crippen molar-refractivity contribution in [2.45, 2.75) is 46.1 Å². The van der Waals surface area contributed by atoms with Gasteiger partial charge in [-0.05, 0) is 78.4 Å². The topological polar surface area (TPSA) is 95.9 Å². The quantitative estimate of drug-likeness (QED) is 0.312. The number of aryl methyl sites for hydroxylation is 2. The maximum absolute atomic E-state index is 12.9. The van der Waals surface area contributed by atoms with Gasteiger partial charge >= 0.3 is 12.1 Å². The number of aliphatic carboxylic acids is 1. The van der Waals surface area contributed by atoms with Gasteiger partial charge in [0.15, 0.2) is 6.10 Å². The molecule has 0 saturated heterocycles. The zero-order valence-corrected chi connectivity index (χ0v) is 21.5. The molecule has 0 aliphatic heterocycles. The van der Waals surface area contributed by atoms with Gasteiger partial charge in [0.2, 0.25) is 0 Å². The molecule has 3 rings (SSSR count). The Bertz CT molecular complexity index is 1240. The Morgan fingerprint density at radius 2 is 1.62 bits per heavy atom. The molecular weight excluding hydrogens is 507 g/mol. The van der Waals surface area contributed by atoms with E-state index in [1.807, 2.05) is 39.8 Å². The van der Waals surface area contributed by atoms with E-state index in [1.54, 1.807) is 12.1 Å². The van der Waals surface area contributed by atoms with E-state index in [0.29, 0.717) is 16.2 Å². The highest BCUT2D eigenvalue weighted by Crippen LogP contribution is 2.37. The lowest BCUT2D eigenvalue weighted by molar-refractivity contribution is -0.146. The van der Waals surface area contributed by atoms with Crippen molar-refractivity contribution in [3.05, 3.63) is 75.0 Å². The summed E-state index contributed by atoms with van der Waals surface area (Å²) in [4.78, 5) is 24.2. The van der Waals surface area contributed by atoms with Gasteiger partial charge in [-0.15, -0.1) is 11.3 Å². The number of ether oxygens (including phenoxy) is 1. The number of halogens is 3. The maximum Gasteiger partial charge on any atom is 0.416 e. The van der Waals surface area contributed by atoms with E-state index < -0.39 is 36.3 Å². The summed E-state index contributed by atoms with van der Waals surface area (Å²) >= 11 is 1.21. The van der Waals surface area contributed by atoms with Gasteiger partial charge in [0.1, 0.15) is 11.9 Å². The third kappa shape index (κ3) is 6.90. The van der Waals surface area contributed by atoms with Crippen molar-refractivity contribution in [3.63, 3.8) is 0 Å². The smallest absolute Gasteiger partial charge is 0.416 e. The first-order chi connectivity index (χ1) is 17.3. The molecule has 1 unspecified atom stereocenters. The fourth-order valence-corrected chi connectivity index (χ4v) is 5.06. The third-order valence-corrected chi connectivity index (χ3v) is 6.89. The van der Waals surface area contributed by atoms with Gasteiger partial charge in [0.05, 0.1) is 17.0 Å². The first-order valence-corrected chi connectivity index (χ1v) is 12.3. The molecule has 0 aliphatic carbocycles. The molecule has 0 aliphatic rings. The highest BCUT2D eigenvalue weighted by atomic mass is 32.1. The first-order valence-electron chi connectivity index (χ1n) is 11.5. The van der Waals surface area contributed by atoms with Crippen LogP contribution in [0.1, 0.15) is 51.2 Å². The number of carbonyl (C=O) groups excluding carboxylic acids is 1. The molecule has 0 radical (unpaired) electrons. The minimum atomic E-state index is -4.39. The lowest BCUT2D eigenvalue weighted by atomic mass is 9.94. The fourth-order valence-electron chi connectivity index (χ4n) is 3.93. The molecule has 3 aromatic rings. The van der Waals surface area contributed by atoms with Crippen molar-refractivity contribution in [1.82, 2.24) is 5.32 Å². The number of carboxylic acids is 1. The fraction of sp³-hybridized carbons (Fsp3) is 0.333. The van der Waals surface area contributed by atoms with Gasteiger partial charge in [0.25, 0.3) is 5.91 Å². The molecule has 2 atom stereocenters. The number of carboxylic acid groups (broad SMARTS) is 1. The second kappa shape index (κ2) is 11.4. The van der Waals surface area contributed by atoms with Crippen LogP contribution in [-0.2, 0) is 11.0 Å². The second-order valence-corrected chi connectivity index (χ2v) is 10.2. The Kier molecular flexibility index (Phi) is 8.65. The van der Waals surface area contributed by atoms with Crippen LogP contribution in [0.3, 0.4) is 0 Å². The van der Waals surface area contributed by atoms with Gasteiger partial charge < -0.3 is 20.3 Å². The zero-order valence-electron chi connectivity index (χ0n) is 20.7. The van der Waals surface area contributed by atoms with Crippen LogP contribution in [0.15, 0.2) is 48.5 Å². The highest BCUT2D eigenvalue weighted by Gasteiger charge is 2.30. The Morgan fingerprint density at radius 3 is 2.14 bits per heavy atom. The molecular formula is C27H28F3NO5S. The summed E-state index contributed by atoms with van der Waals surface area (Å²) in [5, 5.41) is 20.5. The summed E-state index contributed by atoms with van der Waals surface area (Å²) < 4.78 is 45.1. The number of nitrogens with one attached hydrogen (secondary N) is 1. The van der Waals surface area contributed by atoms with Crippen LogP contribution in [0.25, 0.3) is 11.1 Å². The standard InChI is InChI=1S/C27H28F3NO5S/c1-14(2)24(21-9-10-22(37-21)25(33)31-13-20(32)26(34)35)36-19-11-15(3)23(16(4)12-19)17-5-7-18(8-6-17)27(28,29)30/h5-12,14,20,24,32H,13H2,1-4H3,(H,31,33)(H,34,35)/t20-,24?/m0/s1. The minimum absolute atomic E-state index is 0.0404. The predicted octanol–water partition coefficient (Wildman–Crippen LogP) is 6.00. The summed E-state index contributed by atoms with van der Waals surface area (Å²) in [7, 11) is 0. The largest absolute Gasteiger partial charge is 0.485 e. The lowest BCUT2D eigenvalue weighted by Crippen LogP contribution is -2.36. The van der Waals surface area contributed by atoms with Gasteiger partial charge in [-0.25, -0.2) is 4.79 Å². The van der Waals surface area contributed by atoms with Crippen molar-refractivity contribution in [1.29, 1.82) is 0 Å². The lowest BCUT2D eigenvalue weighted by Gasteiger charge is -2.23. The molecule has 198 valence electrons. The Hall–Kier alpha value is -3.37. The van der Waals surface area contributed by atoms with Crippen molar-refractivity contribution >= 4 is 23.2 Å². The van der Waals surface area contributed by atoms with Crippen LogP contribution in [0.4, 0.5) is 13.2 Å². The summed E-state index contributed by atoms with van der Waals surface area (Å²) in [5.74, 6) is -1.28. The molecule has 0 spiro atoms. The number of thiophene rings is 1. The molecule has 0 saturated carbocycles. The van der Waals surface area contributed by atoms with Crippen molar-refractivity contribution in [3.8, 4) is 16.9 Å². The molecule has 37 heavy (non-hydrogen) atoms. The van der Waals surface area contributed by atoms with E-state index in [0.717, 1.165) is 33.7 Å². The molecule has 6 nitrogen and oxygen atoms in total. The van der Waals surface area contributed by atoms with E-state index in [4.69, 9.17) is 9.84 Å². The normalized spacial score (nSPS) is 13.3. The summed E-state index contributed by atoms with van der Waals surface area (Å²) in [6, 6.07) is 12.1. The molecule has 2 aromatic carbocycles. The number of hydrogen-bond donors (Lipinski definition) is 3. The first kappa shape index (κ1) is 28.2. The van der Waals surface area contributed by atoms with Crippen LogP contribution >= 0.6 is 11.3 Å². The minimum Gasteiger partial charge on any atom is -0.485 e. The Labute approximate surface area is 216 Å².